The Balaban J connectivity index is 0.000000295. The van der Waals surface area contributed by atoms with Crippen molar-refractivity contribution in [1.82, 2.24) is 5.32 Å². The molecule has 0 spiro atoms. The zero-order chi connectivity index (χ0) is 16.6. The second-order valence-electron chi connectivity index (χ2n) is 6.02. The van der Waals surface area contributed by atoms with Crippen LogP contribution >= 0.6 is 23.2 Å². The molecule has 4 nitrogen and oxygen atoms in total. The van der Waals surface area contributed by atoms with E-state index in [9.17, 15) is 4.79 Å². The first-order chi connectivity index (χ1) is 10.3. The molecule has 0 saturated carbocycles. The van der Waals surface area contributed by atoms with Crippen LogP contribution in [0, 0.1) is 0 Å². The lowest BCUT2D eigenvalue weighted by Crippen LogP contribution is -2.37. The van der Waals surface area contributed by atoms with Crippen molar-refractivity contribution in [3.05, 3.63) is 28.2 Å². The van der Waals surface area contributed by atoms with E-state index in [1.54, 1.807) is 18.2 Å². The molecule has 0 aliphatic carbocycles. The minimum absolute atomic E-state index is 0.230. The van der Waals surface area contributed by atoms with Crippen LogP contribution in [0.5, 0.6) is 5.75 Å². The molecule has 1 atom stereocenters. The lowest BCUT2D eigenvalue weighted by molar-refractivity contribution is -0.138. The summed E-state index contributed by atoms with van der Waals surface area (Å²) in [6.07, 6.45) is 2.46. The molecule has 22 heavy (non-hydrogen) atoms. The Kier molecular flexibility index (Phi) is 8.01. The summed E-state index contributed by atoms with van der Waals surface area (Å²) in [5.41, 5.74) is -0.318. The van der Waals surface area contributed by atoms with E-state index < -0.39 is 0 Å². The standard InChI is InChI=1S/C11H13Cl2NO.C5H10O2/c12-8-4-9(13)6-11(5-8)15-10-2-1-3-14-7-10;1-5(2,3)7-4-6/h4-6,10,14H,1-3,7H2;4H,1-3H3/t10-;/m0./s1. The molecular weight excluding hydrogens is 325 g/mol. The Hall–Kier alpha value is -0.970. The first-order valence-electron chi connectivity index (χ1n) is 7.25. The van der Waals surface area contributed by atoms with Crippen LogP contribution in [0.1, 0.15) is 33.6 Å². The van der Waals surface area contributed by atoms with E-state index in [0.717, 1.165) is 31.7 Å². The number of ether oxygens (including phenoxy) is 2. The highest BCUT2D eigenvalue weighted by atomic mass is 35.5. The number of hydrogen-bond acceptors (Lipinski definition) is 4. The van der Waals surface area contributed by atoms with Gasteiger partial charge in [-0.1, -0.05) is 23.2 Å². The van der Waals surface area contributed by atoms with Crippen LogP contribution in [-0.2, 0) is 9.53 Å². The summed E-state index contributed by atoms with van der Waals surface area (Å²) in [7, 11) is 0. The molecule has 124 valence electrons. The maximum absolute atomic E-state index is 9.60. The second-order valence-corrected chi connectivity index (χ2v) is 6.89. The molecule has 1 N–H and O–H groups in total. The number of benzene rings is 1. The number of nitrogens with one attached hydrogen (secondary N) is 1. The quantitative estimate of drug-likeness (QED) is 0.836. The lowest BCUT2D eigenvalue weighted by Gasteiger charge is -2.24. The fourth-order valence-corrected chi connectivity index (χ4v) is 2.36. The monoisotopic (exact) mass is 347 g/mol. The van der Waals surface area contributed by atoms with E-state index >= 15 is 0 Å². The predicted molar refractivity (Wildman–Crippen MR) is 89.9 cm³/mol. The zero-order valence-corrected chi connectivity index (χ0v) is 14.7. The minimum Gasteiger partial charge on any atom is -0.489 e. The van der Waals surface area contributed by atoms with Crippen molar-refractivity contribution in [1.29, 1.82) is 0 Å². The Bertz CT molecular complexity index is 449. The summed E-state index contributed by atoms with van der Waals surface area (Å²) in [5.74, 6) is 0.751. The number of rotatable bonds is 3. The molecule has 2 rings (SSSR count). The van der Waals surface area contributed by atoms with Gasteiger partial charge in [0.15, 0.2) is 0 Å². The summed E-state index contributed by atoms with van der Waals surface area (Å²) in [6, 6.07) is 5.29. The largest absolute Gasteiger partial charge is 0.489 e. The maximum atomic E-state index is 9.60. The van der Waals surface area contributed by atoms with E-state index in [-0.39, 0.29) is 11.7 Å². The van der Waals surface area contributed by atoms with Crippen molar-refractivity contribution < 1.29 is 14.3 Å². The van der Waals surface area contributed by atoms with E-state index in [1.165, 1.54) is 0 Å². The molecule has 1 fully saturated rings. The topological polar surface area (TPSA) is 47.6 Å². The molecule has 1 aromatic carbocycles. The van der Waals surface area contributed by atoms with Crippen LogP contribution < -0.4 is 10.1 Å². The van der Waals surface area contributed by atoms with Crippen LogP contribution in [0.2, 0.25) is 10.0 Å². The molecule has 1 aliphatic rings. The number of piperidine rings is 1. The molecule has 0 bridgehead atoms. The van der Waals surface area contributed by atoms with E-state index in [1.807, 2.05) is 20.8 Å². The van der Waals surface area contributed by atoms with Gasteiger partial charge < -0.3 is 14.8 Å². The first-order valence-corrected chi connectivity index (χ1v) is 8.00. The first kappa shape index (κ1) is 19.1. The van der Waals surface area contributed by atoms with Gasteiger partial charge in [0.05, 0.1) is 0 Å². The Morgan fingerprint density at radius 2 is 1.86 bits per heavy atom. The highest BCUT2D eigenvalue weighted by molar-refractivity contribution is 6.34. The van der Waals surface area contributed by atoms with Gasteiger partial charge in [0.2, 0.25) is 0 Å². The number of carbonyl (C=O) groups excluding carboxylic acids is 1. The summed E-state index contributed by atoms with van der Waals surface area (Å²) in [6.45, 7) is 7.89. The Morgan fingerprint density at radius 1 is 1.23 bits per heavy atom. The van der Waals surface area contributed by atoms with Gasteiger partial charge in [-0.2, -0.15) is 0 Å². The Morgan fingerprint density at radius 3 is 2.27 bits per heavy atom. The van der Waals surface area contributed by atoms with Gasteiger partial charge in [0, 0.05) is 16.6 Å². The second kappa shape index (κ2) is 9.23. The number of carbonyl (C=O) groups is 1. The Labute approximate surface area is 142 Å². The van der Waals surface area contributed by atoms with Crippen LogP contribution in [0.25, 0.3) is 0 Å². The van der Waals surface area contributed by atoms with Gasteiger partial charge in [-0.3, -0.25) is 4.79 Å². The lowest BCUT2D eigenvalue weighted by atomic mass is 10.1. The van der Waals surface area contributed by atoms with E-state index in [2.05, 4.69) is 10.1 Å². The van der Waals surface area contributed by atoms with Gasteiger partial charge >= 0.3 is 0 Å². The summed E-state index contributed by atoms with van der Waals surface area (Å²) < 4.78 is 10.3. The third-order valence-corrected chi connectivity index (χ3v) is 3.23. The van der Waals surface area contributed by atoms with Gasteiger partial charge in [-0.15, -0.1) is 0 Å². The number of halogens is 2. The summed E-state index contributed by atoms with van der Waals surface area (Å²) in [5, 5.41) is 4.52. The van der Waals surface area contributed by atoms with Crippen molar-refractivity contribution in [2.45, 2.75) is 45.3 Å². The maximum Gasteiger partial charge on any atom is 0.293 e. The van der Waals surface area contributed by atoms with Gasteiger partial charge in [0.1, 0.15) is 17.5 Å². The highest BCUT2D eigenvalue weighted by Crippen LogP contribution is 2.25. The highest BCUT2D eigenvalue weighted by Gasteiger charge is 2.14. The predicted octanol–water partition coefficient (Wildman–Crippen LogP) is 4.08. The number of hydrogen-bond donors (Lipinski definition) is 1. The average Bonchev–Trinajstić information content (AvgIpc) is 2.37. The smallest absolute Gasteiger partial charge is 0.293 e. The van der Waals surface area contributed by atoms with Crippen molar-refractivity contribution >= 4 is 29.7 Å². The molecule has 0 radical (unpaired) electrons. The summed E-state index contributed by atoms with van der Waals surface area (Å²) in [4.78, 5) is 9.60. The van der Waals surface area contributed by atoms with E-state index in [0.29, 0.717) is 16.5 Å². The average molecular weight is 348 g/mol. The molecule has 1 saturated heterocycles. The molecule has 0 unspecified atom stereocenters. The molecule has 6 heteroatoms. The van der Waals surface area contributed by atoms with Crippen LogP contribution in [0.15, 0.2) is 18.2 Å². The molecule has 1 aliphatic heterocycles. The third kappa shape index (κ3) is 8.47. The molecule has 0 aromatic heterocycles. The normalized spacial score (nSPS) is 18.0. The fraction of sp³-hybridized carbons (Fsp3) is 0.562. The molecule has 1 aromatic rings. The van der Waals surface area contributed by atoms with Crippen molar-refractivity contribution in [3.8, 4) is 5.75 Å². The zero-order valence-electron chi connectivity index (χ0n) is 13.2. The van der Waals surface area contributed by atoms with E-state index in [4.69, 9.17) is 27.9 Å². The van der Waals surface area contributed by atoms with Gasteiger partial charge in [-0.05, 0) is 58.4 Å². The SMILES string of the molecule is CC(C)(C)OC=O.Clc1cc(Cl)cc(O[C@H]2CCCNC2)c1. The van der Waals surface area contributed by atoms with Gasteiger partial charge in [-0.25, -0.2) is 0 Å². The van der Waals surface area contributed by atoms with Crippen LogP contribution in [-0.4, -0.2) is 31.3 Å². The molecular formula is C16H23Cl2NO3. The van der Waals surface area contributed by atoms with Crippen molar-refractivity contribution in [3.63, 3.8) is 0 Å². The fourth-order valence-electron chi connectivity index (χ4n) is 1.85. The van der Waals surface area contributed by atoms with Crippen molar-refractivity contribution in [2.75, 3.05) is 13.1 Å². The van der Waals surface area contributed by atoms with Crippen LogP contribution in [0.3, 0.4) is 0 Å². The third-order valence-electron chi connectivity index (χ3n) is 2.79. The molecule has 0 amide bonds. The summed E-state index contributed by atoms with van der Waals surface area (Å²) >= 11 is 11.8. The van der Waals surface area contributed by atoms with Crippen molar-refractivity contribution in [2.24, 2.45) is 0 Å². The molecule has 1 heterocycles. The van der Waals surface area contributed by atoms with Crippen LogP contribution in [0.4, 0.5) is 0 Å². The minimum atomic E-state index is -0.318. The van der Waals surface area contributed by atoms with Gasteiger partial charge in [0.25, 0.3) is 6.47 Å².